The van der Waals surface area contributed by atoms with Gasteiger partial charge in [0.1, 0.15) is 10.6 Å². The minimum Gasteiger partial charge on any atom is -0.484 e. The molecule has 33 heavy (non-hydrogen) atoms. The first kappa shape index (κ1) is 20.7. The van der Waals surface area contributed by atoms with Gasteiger partial charge < -0.3 is 4.74 Å². The number of hydrogen-bond acceptors (Lipinski definition) is 5. The lowest BCUT2D eigenvalue weighted by atomic mass is 10.1. The van der Waals surface area contributed by atoms with Crippen LogP contribution in [0.3, 0.4) is 0 Å². The number of ether oxygens (including phenoxy) is 1. The molecule has 0 aliphatic heterocycles. The Morgan fingerprint density at radius 2 is 1.73 bits per heavy atom. The van der Waals surface area contributed by atoms with Crippen molar-refractivity contribution in [3.63, 3.8) is 0 Å². The summed E-state index contributed by atoms with van der Waals surface area (Å²) in [5, 5.41) is 2.12. The fourth-order valence-electron chi connectivity index (χ4n) is 3.53. The summed E-state index contributed by atoms with van der Waals surface area (Å²) in [4.78, 5) is 30.6. The average molecular weight is 457 g/mol. The number of nitrogens with zero attached hydrogens (tertiary/aromatic N) is 2. The molecule has 0 aliphatic rings. The van der Waals surface area contributed by atoms with Crippen molar-refractivity contribution in [3.8, 4) is 17.0 Å². The number of carbonyl (C=O) groups is 2. The van der Waals surface area contributed by atoms with Crippen LogP contribution in [0.1, 0.15) is 15.4 Å². The minimum atomic E-state index is -0.457. The Morgan fingerprint density at radius 3 is 2.52 bits per heavy atom. The minimum absolute atomic E-state index is 0.216. The molecule has 0 fully saturated rings. The van der Waals surface area contributed by atoms with Gasteiger partial charge in [-0.05, 0) is 29.8 Å². The molecule has 7 nitrogen and oxygen atoms in total. The zero-order chi connectivity index (χ0) is 22.8. The first-order valence-electron chi connectivity index (χ1n) is 10.3. The van der Waals surface area contributed by atoms with Gasteiger partial charge in [-0.15, -0.1) is 0 Å². The van der Waals surface area contributed by atoms with Crippen LogP contribution in [0, 0.1) is 6.92 Å². The molecule has 2 N–H and O–H groups in total. The fourth-order valence-corrected chi connectivity index (χ4v) is 4.54. The number of carbonyl (C=O) groups excluding carboxylic acids is 2. The largest absolute Gasteiger partial charge is 0.484 e. The lowest BCUT2D eigenvalue weighted by molar-refractivity contribution is -0.123. The first-order chi connectivity index (χ1) is 16.1. The van der Waals surface area contributed by atoms with E-state index in [0.29, 0.717) is 15.6 Å². The van der Waals surface area contributed by atoms with Crippen LogP contribution in [0.2, 0.25) is 0 Å². The molecule has 0 bridgehead atoms. The Hall–Kier alpha value is -4.17. The SMILES string of the molecule is Cc1c(C(=O)NNC(=O)COc2ccc3ccccc3c2)sc2nc(-c3ccccc3)cn12. The number of hydrazine groups is 1. The molecule has 2 amide bonds. The molecule has 0 spiro atoms. The first-order valence-corrected chi connectivity index (χ1v) is 11.1. The highest BCUT2D eigenvalue weighted by Crippen LogP contribution is 2.27. The van der Waals surface area contributed by atoms with Gasteiger partial charge in [0.25, 0.3) is 11.8 Å². The molecule has 0 atom stereocenters. The van der Waals surface area contributed by atoms with E-state index in [4.69, 9.17) is 4.74 Å². The summed E-state index contributed by atoms with van der Waals surface area (Å²) in [6.45, 7) is 1.63. The summed E-state index contributed by atoms with van der Waals surface area (Å²) >= 11 is 1.27. The molecule has 0 saturated carbocycles. The maximum Gasteiger partial charge on any atom is 0.281 e. The van der Waals surface area contributed by atoms with Gasteiger partial charge in [-0.1, -0.05) is 72.0 Å². The third kappa shape index (κ3) is 4.28. The molecule has 5 rings (SSSR count). The molecule has 0 saturated heterocycles. The highest BCUT2D eigenvalue weighted by Gasteiger charge is 2.18. The van der Waals surface area contributed by atoms with E-state index in [9.17, 15) is 9.59 Å². The molecule has 164 valence electrons. The van der Waals surface area contributed by atoms with Gasteiger partial charge in [0.2, 0.25) is 0 Å². The smallest absolute Gasteiger partial charge is 0.281 e. The molecule has 3 aromatic carbocycles. The monoisotopic (exact) mass is 456 g/mol. The number of fused-ring (bicyclic) bond motifs is 2. The second kappa shape index (κ2) is 8.76. The Labute approximate surface area is 193 Å². The van der Waals surface area contributed by atoms with E-state index in [1.165, 1.54) is 11.3 Å². The van der Waals surface area contributed by atoms with Gasteiger partial charge in [0.15, 0.2) is 11.6 Å². The van der Waals surface area contributed by atoms with E-state index in [-0.39, 0.29) is 6.61 Å². The Bertz CT molecular complexity index is 1470. The predicted octanol–water partition coefficient (Wildman–Crippen LogP) is 4.36. The quantitative estimate of drug-likeness (QED) is 0.385. The van der Waals surface area contributed by atoms with E-state index >= 15 is 0 Å². The molecule has 5 aromatic rings. The van der Waals surface area contributed by atoms with Crippen molar-refractivity contribution < 1.29 is 14.3 Å². The van der Waals surface area contributed by atoms with Gasteiger partial charge in [0, 0.05) is 17.5 Å². The van der Waals surface area contributed by atoms with Gasteiger partial charge >= 0.3 is 0 Å². The summed E-state index contributed by atoms with van der Waals surface area (Å²) in [7, 11) is 0. The van der Waals surface area contributed by atoms with Crippen molar-refractivity contribution in [1.29, 1.82) is 0 Å². The van der Waals surface area contributed by atoms with E-state index in [1.54, 1.807) is 0 Å². The normalized spacial score (nSPS) is 10.9. The number of hydrogen-bond donors (Lipinski definition) is 2. The number of amides is 2. The Balaban J connectivity index is 1.20. The number of aryl methyl sites for hydroxylation is 1. The van der Waals surface area contributed by atoms with Gasteiger partial charge in [0.05, 0.1) is 5.69 Å². The van der Waals surface area contributed by atoms with Crippen molar-refractivity contribution in [3.05, 3.63) is 89.6 Å². The van der Waals surface area contributed by atoms with Crippen LogP contribution < -0.4 is 15.6 Å². The molecule has 8 heteroatoms. The van der Waals surface area contributed by atoms with Crippen LogP contribution in [0.5, 0.6) is 5.75 Å². The molecular formula is C25H20N4O3S. The molecular weight excluding hydrogens is 436 g/mol. The predicted molar refractivity (Wildman–Crippen MR) is 128 cm³/mol. The second-order valence-corrected chi connectivity index (χ2v) is 8.44. The number of thiazole rings is 1. The van der Waals surface area contributed by atoms with E-state index in [2.05, 4.69) is 15.8 Å². The molecule has 2 heterocycles. The third-order valence-corrected chi connectivity index (χ3v) is 6.39. The van der Waals surface area contributed by atoms with Crippen molar-refractivity contribution in [1.82, 2.24) is 20.2 Å². The summed E-state index contributed by atoms with van der Waals surface area (Å²) in [5.41, 5.74) is 7.46. The number of imidazole rings is 1. The van der Waals surface area contributed by atoms with Gasteiger partial charge in [-0.2, -0.15) is 0 Å². The zero-order valence-corrected chi connectivity index (χ0v) is 18.6. The van der Waals surface area contributed by atoms with Crippen LogP contribution >= 0.6 is 11.3 Å². The zero-order valence-electron chi connectivity index (χ0n) is 17.7. The second-order valence-electron chi connectivity index (χ2n) is 7.46. The van der Waals surface area contributed by atoms with E-state index < -0.39 is 11.8 Å². The van der Waals surface area contributed by atoms with Crippen molar-refractivity contribution >= 4 is 38.9 Å². The third-order valence-electron chi connectivity index (χ3n) is 5.24. The van der Waals surface area contributed by atoms with E-state index in [0.717, 1.165) is 27.7 Å². The summed E-state index contributed by atoms with van der Waals surface area (Å²) < 4.78 is 7.44. The lowest BCUT2D eigenvalue weighted by Crippen LogP contribution is -2.43. The van der Waals surface area contributed by atoms with Gasteiger partial charge in [-0.3, -0.25) is 24.8 Å². The number of benzene rings is 3. The highest BCUT2D eigenvalue weighted by molar-refractivity contribution is 7.19. The summed E-state index contributed by atoms with van der Waals surface area (Å²) in [6.07, 6.45) is 1.91. The van der Waals surface area contributed by atoms with Gasteiger partial charge in [-0.25, -0.2) is 4.98 Å². The number of aromatic nitrogens is 2. The van der Waals surface area contributed by atoms with Crippen molar-refractivity contribution in [2.75, 3.05) is 6.61 Å². The Kier molecular flexibility index (Phi) is 5.50. The van der Waals surface area contributed by atoms with Crippen LogP contribution in [-0.4, -0.2) is 27.8 Å². The molecule has 0 aliphatic carbocycles. The van der Waals surface area contributed by atoms with Crippen molar-refractivity contribution in [2.24, 2.45) is 0 Å². The highest BCUT2D eigenvalue weighted by atomic mass is 32.1. The lowest BCUT2D eigenvalue weighted by Gasteiger charge is -2.09. The van der Waals surface area contributed by atoms with Crippen LogP contribution in [0.15, 0.2) is 79.0 Å². The maximum absolute atomic E-state index is 12.6. The molecule has 2 aromatic heterocycles. The van der Waals surface area contributed by atoms with Crippen LogP contribution in [0.4, 0.5) is 0 Å². The summed E-state index contributed by atoms with van der Waals surface area (Å²) in [6, 6.07) is 23.4. The Morgan fingerprint density at radius 1 is 0.970 bits per heavy atom. The van der Waals surface area contributed by atoms with E-state index in [1.807, 2.05) is 90.3 Å². The average Bonchev–Trinajstić information content (AvgIpc) is 3.41. The van der Waals surface area contributed by atoms with Crippen LogP contribution in [-0.2, 0) is 4.79 Å². The molecule has 0 radical (unpaired) electrons. The van der Waals surface area contributed by atoms with Crippen LogP contribution in [0.25, 0.3) is 27.0 Å². The van der Waals surface area contributed by atoms with Crippen molar-refractivity contribution in [2.45, 2.75) is 6.92 Å². The maximum atomic E-state index is 12.6. The number of rotatable bonds is 5. The summed E-state index contributed by atoms with van der Waals surface area (Å²) in [5.74, 6) is -0.273. The molecule has 0 unspecified atom stereocenters. The standard InChI is InChI=1S/C25H20N4O3S/c1-16-23(33-25-26-21(14-29(16)25)18-8-3-2-4-9-18)24(31)28-27-22(30)15-32-20-12-11-17-7-5-6-10-19(17)13-20/h2-14H,15H2,1H3,(H,27,30)(H,28,31). The number of nitrogens with one attached hydrogen (secondary N) is 2. The fraction of sp³-hybridized carbons (Fsp3) is 0.0800. The topological polar surface area (TPSA) is 84.7 Å².